The number of aliphatic hydroxyl groups is 1. The van der Waals surface area contributed by atoms with Crippen molar-refractivity contribution < 1.29 is 28.8 Å². The molecule has 2 aliphatic heterocycles. The summed E-state index contributed by atoms with van der Waals surface area (Å²) in [6.07, 6.45) is 4.74. The van der Waals surface area contributed by atoms with Gasteiger partial charge in [0.25, 0.3) is 0 Å². The third kappa shape index (κ3) is 8.07. The minimum Gasteiger partial charge on any atom is -0.393 e. The Labute approximate surface area is 291 Å². The van der Waals surface area contributed by atoms with Crippen LogP contribution in [0.4, 0.5) is 0 Å². The van der Waals surface area contributed by atoms with Crippen LogP contribution in [-0.2, 0) is 55.5 Å². The van der Waals surface area contributed by atoms with Gasteiger partial charge in [0.2, 0.25) is 5.79 Å². The number of benzene rings is 4. The molecule has 1 N–H and O–H groups in total. The van der Waals surface area contributed by atoms with Crippen LogP contribution in [0.2, 0.25) is 0 Å². The van der Waals surface area contributed by atoms with Gasteiger partial charge in [-0.15, -0.1) is 6.58 Å². The maximum absolute atomic E-state index is 10.8. The molecule has 4 aromatic carbocycles. The van der Waals surface area contributed by atoms with Gasteiger partial charge in [0, 0.05) is 18.1 Å². The summed E-state index contributed by atoms with van der Waals surface area (Å²) in [5, 5.41) is 10.8. The van der Waals surface area contributed by atoms with Gasteiger partial charge in [0.05, 0.1) is 39.1 Å². The van der Waals surface area contributed by atoms with Crippen LogP contribution in [0.5, 0.6) is 0 Å². The van der Waals surface area contributed by atoms with Crippen molar-refractivity contribution in [2.24, 2.45) is 5.92 Å². The van der Waals surface area contributed by atoms with Crippen molar-refractivity contribution in [1.82, 2.24) is 0 Å². The van der Waals surface area contributed by atoms with Crippen molar-refractivity contribution in [1.29, 1.82) is 0 Å². The molecule has 0 spiro atoms. The molecule has 0 aliphatic carbocycles. The zero-order chi connectivity index (χ0) is 34.1. The molecule has 0 unspecified atom stereocenters. The highest BCUT2D eigenvalue weighted by Gasteiger charge is 2.67. The van der Waals surface area contributed by atoms with E-state index in [-0.39, 0.29) is 19.1 Å². The Bertz CT molecular complexity index is 1620. The van der Waals surface area contributed by atoms with Gasteiger partial charge in [-0.2, -0.15) is 0 Å². The fraction of sp³-hybridized carbons (Fsp3) is 0.395. The van der Waals surface area contributed by atoms with Crippen LogP contribution in [0, 0.1) is 12.8 Å². The van der Waals surface area contributed by atoms with Gasteiger partial charge in [-0.05, 0) is 72.1 Å². The first-order valence-electron chi connectivity index (χ1n) is 17.6. The first kappa shape index (κ1) is 35.2. The van der Waals surface area contributed by atoms with E-state index < -0.39 is 23.6 Å². The summed E-state index contributed by atoms with van der Waals surface area (Å²) in [5.41, 5.74) is 7.04. The van der Waals surface area contributed by atoms with E-state index in [2.05, 4.69) is 87.2 Å². The molecule has 2 heterocycles. The predicted octanol–water partition coefficient (Wildman–Crippen LogP) is 7.86. The van der Waals surface area contributed by atoms with Gasteiger partial charge in [0.1, 0.15) is 11.7 Å². The lowest BCUT2D eigenvalue weighted by molar-refractivity contribution is -0.336. The molecule has 0 amide bonds. The molecule has 0 saturated carbocycles. The number of aryl methyl sites for hydroxylation is 2. The van der Waals surface area contributed by atoms with Crippen LogP contribution in [-0.4, -0.2) is 49.3 Å². The molecule has 2 bridgehead atoms. The van der Waals surface area contributed by atoms with Crippen LogP contribution in [0.1, 0.15) is 58.7 Å². The maximum atomic E-state index is 10.8. The van der Waals surface area contributed by atoms with Crippen molar-refractivity contribution in [3.8, 4) is 0 Å². The number of aliphatic hydroxyl groups excluding tert-OH is 1. The zero-order valence-corrected chi connectivity index (χ0v) is 28.9. The molecule has 0 radical (unpaired) electrons. The second kappa shape index (κ2) is 16.4. The molecule has 6 nitrogen and oxygen atoms in total. The highest BCUT2D eigenvalue weighted by atomic mass is 16.8. The molecule has 2 fully saturated rings. The third-order valence-corrected chi connectivity index (χ3v) is 10.1. The van der Waals surface area contributed by atoms with E-state index in [1.165, 1.54) is 22.3 Å². The Morgan fingerprint density at radius 2 is 1.51 bits per heavy atom. The Kier molecular flexibility index (Phi) is 11.8. The van der Waals surface area contributed by atoms with Crippen molar-refractivity contribution in [3.63, 3.8) is 0 Å². The Morgan fingerprint density at radius 1 is 0.837 bits per heavy atom. The van der Waals surface area contributed by atoms with E-state index in [0.29, 0.717) is 19.8 Å². The number of fused-ring (bicyclic) bond motifs is 2. The quantitative estimate of drug-likeness (QED) is 0.0918. The maximum Gasteiger partial charge on any atom is 0.225 e. The zero-order valence-electron chi connectivity index (χ0n) is 28.9. The lowest BCUT2D eigenvalue weighted by atomic mass is 9.77. The molecule has 4 aromatic rings. The van der Waals surface area contributed by atoms with Crippen molar-refractivity contribution >= 4 is 0 Å². The predicted molar refractivity (Wildman–Crippen MR) is 192 cm³/mol. The summed E-state index contributed by atoms with van der Waals surface area (Å²) >= 11 is 0. The van der Waals surface area contributed by atoms with E-state index in [0.717, 1.165) is 49.0 Å². The summed E-state index contributed by atoms with van der Waals surface area (Å²) in [5.74, 6) is -1.45. The highest BCUT2D eigenvalue weighted by molar-refractivity contribution is 5.39. The van der Waals surface area contributed by atoms with Gasteiger partial charge in [-0.25, -0.2) is 0 Å². The Morgan fingerprint density at radius 3 is 2.18 bits per heavy atom. The summed E-state index contributed by atoms with van der Waals surface area (Å²) in [7, 11) is 0. The summed E-state index contributed by atoms with van der Waals surface area (Å²) in [6.45, 7) is 10.1. The standard InChI is InChI=1S/C43H50O6/c1-4-24-45-25-12-11-13-34-19-21-35(22-20-34)26-38-27-39(23-18-32(38)2)43-41(47-29-37-16-9-6-10-17-37)40(46-28-36-14-7-5-8-15-36)33(3)42(30-44,49-43)31-48-43/h4-10,14-23,27,33,40-41,44H,1,11-13,24-26,28-31H2,2-3H3/t33-,40-,41+,42-,43-/m0/s1. The minimum absolute atomic E-state index is 0.181. The number of unbranched alkanes of at least 4 members (excludes halogenated alkanes) is 1. The average molecular weight is 663 g/mol. The topological polar surface area (TPSA) is 66.4 Å². The fourth-order valence-electron chi connectivity index (χ4n) is 7.05. The van der Waals surface area contributed by atoms with E-state index in [4.69, 9.17) is 23.7 Å². The van der Waals surface area contributed by atoms with Crippen molar-refractivity contribution in [2.45, 2.75) is 76.3 Å². The lowest BCUT2D eigenvalue weighted by Gasteiger charge is -2.50. The van der Waals surface area contributed by atoms with Crippen molar-refractivity contribution in [3.05, 3.63) is 155 Å². The van der Waals surface area contributed by atoms with E-state index in [1.807, 2.05) is 36.4 Å². The normalized spacial score (nSPS) is 24.6. The van der Waals surface area contributed by atoms with Crippen LogP contribution < -0.4 is 0 Å². The second-order valence-electron chi connectivity index (χ2n) is 13.5. The highest BCUT2D eigenvalue weighted by Crippen LogP contribution is 2.54. The Balaban J connectivity index is 1.26. The summed E-state index contributed by atoms with van der Waals surface area (Å²) in [6, 6.07) is 35.7. The molecule has 49 heavy (non-hydrogen) atoms. The summed E-state index contributed by atoms with van der Waals surface area (Å²) in [4.78, 5) is 0. The van der Waals surface area contributed by atoms with Gasteiger partial charge >= 0.3 is 0 Å². The number of rotatable bonds is 17. The monoisotopic (exact) mass is 662 g/mol. The lowest BCUT2D eigenvalue weighted by Crippen LogP contribution is -2.63. The largest absolute Gasteiger partial charge is 0.393 e. The molecule has 0 aromatic heterocycles. The second-order valence-corrected chi connectivity index (χ2v) is 13.5. The molecule has 2 aliphatic rings. The molecule has 258 valence electrons. The van der Waals surface area contributed by atoms with E-state index in [1.54, 1.807) is 6.08 Å². The van der Waals surface area contributed by atoms with Gasteiger partial charge in [-0.1, -0.05) is 110 Å². The SMILES string of the molecule is C=CCOCCCCc1ccc(Cc2cc([C@]34OC[C@](CO)(O3)[C@@H](C)[C@H](OCc3ccccc3)[C@H]4OCc3ccccc3)ccc2C)cc1. The number of hydrogen-bond acceptors (Lipinski definition) is 6. The van der Waals surface area contributed by atoms with Crippen molar-refractivity contribution in [2.75, 3.05) is 26.4 Å². The van der Waals surface area contributed by atoms with Gasteiger partial charge < -0.3 is 28.8 Å². The molecular weight excluding hydrogens is 612 g/mol. The smallest absolute Gasteiger partial charge is 0.225 e. The van der Waals surface area contributed by atoms with Gasteiger partial charge in [0.15, 0.2) is 0 Å². The molecule has 6 rings (SSSR count). The van der Waals surface area contributed by atoms with E-state index >= 15 is 0 Å². The number of hydrogen-bond donors (Lipinski definition) is 1. The number of ether oxygens (including phenoxy) is 5. The molecule has 5 atom stereocenters. The minimum atomic E-state index is -1.26. The van der Waals surface area contributed by atoms with Crippen LogP contribution in [0.15, 0.2) is 116 Å². The molecular formula is C43H50O6. The average Bonchev–Trinajstić information content (AvgIpc) is 3.51. The first-order chi connectivity index (χ1) is 24.0. The van der Waals surface area contributed by atoms with Crippen LogP contribution in [0.3, 0.4) is 0 Å². The van der Waals surface area contributed by atoms with Crippen LogP contribution in [0.25, 0.3) is 0 Å². The molecule has 2 saturated heterocycles. The van der Waals surface area contributed by atoms with Gasteiger partial charge in [-0.3, -0.25) is 0 Å². The third-order valence-electron chi connectivity index (χ3n) is 10.1. The Hall–Kier alpha value is -3.62. The van der Waals surface area contributed by atoms with Crippen LogP contribution >= 0.6 is 0 Å². The fourth-order valence-corrected chi connectivity index (χ4v) is 7.05. The van der Waals surface area contributed by atoms with E-state index in [9.17, 15) is 5.11 Å². The summed E-state index contributed by atoms with van der Waals surface area (Å²) < 4.78 is 32.7. The first-order valence-corrected chi connectivity index (χ1v) is 17.6. The molecule has 6 heteroatoms.